The van der Waals surface area contributed by atoms with Gasteiger partial charge >= 0.3 is 5.97 Å². The van der Waals surface area contributed by atoms with Crippen LogP contribution in [0.25, 0.3) is 0 Å². The van der Waals surface area contributed by atoms with Gasteiger partial charge in [0.05, 0.1) is 24.0 Å². The molecule has 1 aromatic carbocycles. The predicted octanol–water partition coefficient (Wildman–Crippen LogP) is 3.89. The van der Waals surface area contributed by atoms with Crippen molar-refractivity contribution in [3.8, 4) is 0 Å². The van der Waals surface area contributed by atoms with Gasteiger partial charge in [-0.25, -0.2) is 0 Å². The fraction of sp³-hybridized carbons (Fsp3) is 0.619. The molecule has 5 nitrogen and oxygen atoms in total. The molecule has 1 aliphatic rings. The van der Waals surface area contributed by atoms with Gasteiger partial charge in [-0.2, -0.15) is 0 Å². The third-order valence-corrected chi connectivity index (χ3v) is 10.5. The van der Waals surface area contributed by atoms with E-state index in [1.165, 1.54) is 0 Å². The van der Waals surface area contributed by atoms with Gasteiger partial charge in [-0.3, -0.25) is 9.59 Å². The first kappa shape index (κ1) is 21.6. The highest BCUT2D eigenvalue weighted by Crippen LogP contribution is 2.39. The second kappa shape index (κ2) is 8.15. The van der Waals surface area contributed by atoms with E-state index in [2.05, 4.69) is 39.2 Å². The van der Waals surface area contributed by atoms with Crippen LogP contribution < -0.4 is 5.32 Å². The number of hydrogen-bond acceptors (Lipinski definition) is 4. The lowest BCUT2D eigenvalue weighted by atomic mass is 9.79. The number of β-lactam (4-membered cyclic amide) rings is 1. The van der Waals surface area contributed by atoms with Gasteiger partial charge in [0.1, 0.15) is 6.61 Å². The van der Waals surface area contributed by atoms with Crippen LogP contribution in [0.3, 0.4) is 0 Å². The molecule has 1 saturated heterocycles. The minimum absolute atomic E-state index is 0.0473. The lowest BCUT2D eigenvalue weighted by Crippen LogP contribution is -2.66. The van der Waals surface area contributed by atoms with E-state index in [9.17, 15) is 9.59 Å². The Morgan fingerprint density at radius 1 is 1.19 bits per heavy atom. The lowest BCUT2D eigenvalue weighted by molar-refractivity contribution is -0.156. The SMILES string of the molecule is CC(O[Si](C)(C)C(C)(C)C)[C@H]1C(=O)N[C@H]1[C@@H](C)C(=O)OCc1ccccc1. The Morgan fingerprint density at radius 3 is 2.30 bits per heavy atom. The highest BCUT2D eigenvalue weighted by Gasteiger charge is 2.50. The van der Waals surface area contributed by atoms with Crippen molar-refractivity contribution in [1.29, 1.82) is 0 Å². The van der Waals surface area contributed by atoms with Crippen LogP contribution in [0, 0.1) is 11.8 Å². The van der Waals surface area contributed by atoms with E-state index in [0.29, 0.717) is 0 Å². The van der Waals surface area contributed by atoms with Crippen molar-refractivity contribution in [2.24, 2.45) is 11.8 Å². The Hall–Kier alpha value is -1.66. The normalized spacial score (nSPS) is 22.4. The van der Waals surface area contributed by atoms with Crippen molar-refractivity contribution < 1.29 is 18.8 Å². The van der Waals surface area contributed by atoms with Gasteiger partial charge in [-0.05, 0) is 37.5 Å². The van der Waals surface area contributed by atoms with E-state index >= 15 is 0 Å². The van der Waals surface area contributed by atoms with Crippen molar-refractivity contribution in [3.05, 3.63) is 35.9 Å². The van der Waals surface area contributed by atoms with E-state index in [1.54, 1.807) is 0 Å². The summed E-state index contributed by atoms with van der Waals surface area (Å²) in [5.74, 6) is -1.08. The van der Waals surface area contributed by atoms with Gasteiger partial charge < -0.3 is 14.5 Å². The zero-order valence-electron chi connectivity index (χ0n) is 17.5. The molecule has 1 aromatic rings. The summed E-state index contributed by atoms with van der Waals surface area (Å²) in [5, 5.41) is 2.94. The highest BCUT2D eigenvalue weighted by molar-refractivity contribution is 6.74. The van der Waals surface area contributed by atoms with Crippen molar-refractivity contribution in [3.63, 3.8) is 0 Å². The Morgan fingerprint density at radius 2 is 1.78 bits per heavy atom. The molecule has 2 rings (SSSR count). The van der Waals surface area contributed by atoms with E-state index in [0.717, 1.165) is 5.56 Å². The number of amides is 1. The summed E-state index contributed by atoms with van der Waals surface area (Å²) in [6.07, 6.45) is -0.228. The van der Waals surface area contributed by atoms with E-state index in [4.69, 9.17) is 9.16 Å². The minimum Gasteiger partial charge on any atom is -0.461 e. The molecule has 0 spiro atoms. The Bertz CT molecular complexity index is 669. The number of ether oxygens (including phenoxy) is 1. The standard InChI is InChI=1S/C21H33NO4Si/c1-14(20(24)25-13-16-11-9-8-10-12-16)18-17(19(23)22-18)15(2)26-27(6,7)21(3,4)5/h8-12,14-15,17-18H,13H2,1-7H3,(H,22,23)/t14-,15?,17-,18+/m1/s1. The predicted molar refractivity (Wildman–Crippen MR) is 109 cm³/mol. The van der Waals surface area contributed by atoms with Crippen LogP contribution in [0.5, 0.6) is 0 Å². The van der Waals surface area contributed by atoms with Crippen LogP contribution in [-0.2, 0) is 25.4 Å². The van der Waals surface area contributed by atoms with Crippen molar-refractivity contribution in [2.75, 3.05) is 0 Å². The fourth-order valence-corrected chi connectivity index (χ4v) is 4.51. The first-order valence-electron chi connectivity index (χ1n) is 9.63. The summed E-state index contributed by atoms with van der Waals surface area (Å²) in [6.45, 7) is 14.9. The second-order valence-corrected chi connectivity index (χ2v) is 13.8. The zero-order chi connectivity index (χ0) is 20.4. The van der Waals surface area contributed by atoms with Crippen molar-refractivity contribution >= 4 is 20.2 Å². The summed E-state index contributed by atoms with van der Waals surface area (Å²) < 4.78 is 11.8. The van der Waals surface area contributed by atoms with Gasteiger partial charge in [-0.1, -0.05) is 51.1 Å². The first-order chi connectivity index (χ1) is 12.4. The summed E-state index contributed by atoms with van der Waals surface area (Å²) in [5.41, 5.74) is 0.946. The molecule has 0 aliphatic carbocycles. The van der Waals surface area contributed by atoms with Crippen LogP contribution in [0.4, 0.5) is 0 Å². The zero-order valence-corrected chi connectivity index (χ0v) is 18.5. The molecular weight excluding hydrogens is 358 g/mol. The Labute approximate surface area is 164 Å². The molecule has 1 fully saturated rings. The molecule has 1 aliphatic heterocycles. The number of nitrogens with one attached hydrogen (secondary N) is 1. The second-order valence-electron chi connectivity index (χ2n) is 9.03. The average Bonchev–Trinajstić information content (AvgIpc) is 2.56. The van der Waals surface area contributed by atoms with Crippen LogP contribution in [0.2, 0.25) is 18.1 Å². The van der Waals surface area contributed by atoms with E-state index < -0.39 is 14.2 Å². The van der Waals surface area contributed by atoms with Crippen molar-refractivity contribution in [2.45, 2.75) is 71.5 Å². The molecule has 6 heteroatoms. The monoisotopic (exact) mass is 391 g/mol. The van der Waals surface area contributed by atoms with Crippen LogP contribution in [-0.4, -0.2) is 32.3 Å². The van der Waals surface area contributed by atoms with Gasteiger partial charge in [0.15, 0.2) is 8.32 Å². The van der Waals surface area contributed by atoms with Crippen LogP contribution in [0.1, 0.15) is 40.2 Å². The quantitative estimate of drug-likeness (QED) is 0.435. The van der Waals surface area contributed by atoms with Gasteiger partial charge in [0.2, 0.25) is 5.91 Å². The van der Waals surface area contributed by atoms with Crippen LogP contribution >= 0.6 is 0 Å². The Balaban J connectivity index is 1.96. The summed E-state index contributed by atoms with van der Waals surface area (Å²) in [6, 6.07) is 9.33. The maximum Gasteiger partial charge on any atom is 0.311 e. The number of carbonyl (C=O) groups excluding carboxylic acids is 2. The molecule has 1 heterocycles. The number of rotatable bonds is 7. The average molecular weight is 392 g/mol. The number of carbonyl (C=O) groups is 2. The molecule has 1 amide bonds. The molecule has 1 N–H and O–H groups in total. The molecule has 0 aromatic heterocycles. The van der Waals surface area contributed by atoms with Gasteiger partial charge in [-0.15, -0.1) is 0 Å². The van der Waals surface area contributed by atoms with Gasteiger partial charge in [0, 0.05) is 0 Å². The molecule has 0 bridgehead atoms. The highest BCUT2D eigenvalue weighted by atomic mass is 28.4. The Kier molecular flexibility index (Phi) is 6.53. The lowest BCUT2D eigenvalue weighted by Gasteiger charge is -2.46. The summed E-state index contributed by atoms with van der Waals surface area (Å²) in [4.78, 5) is 24.7. The molecular formula is C21H33NO4Si. The summed E-state index contributed by atoms with van der Waals surface area (Å²) >= 11 is 0. The largest absolute Gasteiger partial charge is 0.461 e. The van der Waals surface area contributed by atoms with Crippen molar-refractivity contribution in [1.82, 2.24) is 5.32 Å². The molecule has 1 unspecified atom stereocenters. The smallest absolute Gasteiger partial charge is 0.311 e. The van der Waals surface area contributed by atoms with E-state index in [1.807, 2.05) is 44.2 Å². The van der Waals surface area contributed by atoms with E-state index in [-0.39, 0.29) is 41.6 Å². The topological polar surface area (TPSA) is 64.6 Å². The number of benzene rings is 1. The number of hydrogen-bond donors (Lipinski definition) is 1. The van der Waals surface area contributed by atoms with Crippen LogP contribution in [0.15, 0.2) is 30.3 Å². The van der Waals surface area contributed by atoms with Gasteiger partial charge in [0.25, 0.3) is 0 Å². The summed E-state index contributed by atoms with van der Waals surface area (Å²) in [7, 11) is -1.99. The first-order valence-corrected chi connectivity index (χ1v) is 12.5. The third kappa shape index (κ3) is 4.99. The molecule has 150 valence electrons. The molecule has 4 atom stereocenters. The minimum atomic E-state index is -1.99. The fourth-order valence-electron chi connectivity index (χ4n) is 3.08. The molecule has 0 radical (unpaired) electrons. The number of esters is 1. The maximum atomic E-state index is 12.5. The third-order valence-electron chi connectivity index (χ3n) is 5.93. The molecule has 0 saturated carbocycles. The molecule has 27 heavy (non-hydrogen) atoms. The maximum absolute atomic E-state index is 12.5.